The van der Waals surface area contributed by atoms with Gasteiger partial charge in [-0.3, -0.25) is 0 Å². The lowest BCUT2D eigenvalue weighted by Crippen LogP contribution is -2.17. The molecule has 2 N–H and O–H groups in total. The second-order valence-electron chi connectivity index (χ2n) is 4.75. The minimum absolute atomic E-state index is 0.174. The molecule has 0 aliphatic carbocycles. The first-order valence-electron chi connectivity index (χ1n) is 6.05. The highest BCUT2D eigenvalue weighted by atomic mass is 79.9. The molecule has 0 radical (unpaired) electrons. The molecule has 0 saturated heterocycles. The maximum Gasteiger partial charge on any atom is 0.0743 e. The molecule has 1 aromatic carbocycles. The summed E-state index contributed by atoms with van der Waals surface area (Å²) in [5.41, 5.74) is 10.3. The van der Waals surface area contributed by atoms with E-state index in [0.717, 1.165) is 28.0 Å². The molecule has 0 bridgehead atoms. The summed E-state index contributed by atoms with van der Waals surface area (Å²) in [5.74, 6) is 0. The van der Waals surface area contributed by atoms with Crippen LogP contribution in [0.4, 0.5) is 0 Å². The van der Waals surface area contributed by atoms with Crippen molar-refractivity contribution in [2.75, 3.05) is 0 Å². The Kier molecular flexibility index (Phi) is 3.88. The average molecular weight is 308 g/mol. The van der Waals surface area contributed by atoms with E-state index in [9.17, 15) is 0 Å². The van der Waals surface area contributed by atoms with E-state index in [1.54, 1.807) is 0 Å². The Morgan fingerprint density at radius 3 is 2.67 bits per heavy atom. The molecule has 2 aromatic rings. The number of aryl methyl sites for hydroxylation is 1. The Hall–Kier alpha value is -1.13. The summed E-state index contributed by atoms with van der Waals surface area (Å²) in [5, 5.41) is 4.54. The molecule has 0 aliphatic heterocycles. The van der Waals surface area contributed by atoms with Crippen LogP contribution in [0.15, 0.2) is 28.7 Å². The summed E-state index contributed by atoms with van der Waals surface area (Å²) in [6, 6.07) is 8.55. The van der Waals surface area contributed by atoms with Crippen molar-refractivity contribution in [3.05, 3.63) is 45.7 Å². The van der Waals surface area contributed by atoms with Gasteiger partial charge >= 0.3 is 0 Å². The fraction of sp³-hybridized carbons (Fsp3) is 0.357. The first-order chi connectivity index (χ1) is 8.49. The number of hydrogen-bond donors (Lipinski definition) is 1. The van der Waals surface area contributed by atoms with Crippen molar-refractivity contribution in [1.29, 1.82) is 0 Å². The zero-order valence-corrected chi connectivity index (χ0v) is 12.5. The number of halogens is 1. The molecule has 0 fully saturated rings. The van der Waals surface area contributed by atoms with Crippen molar-refractivity contribution < 1.29 is 0 Å². The highest BCUT2D eigenvalue weighted by molar-refractivity contribution is 9.10. The first-order valence-corrected chi connectivity index (χ1v) is 6.85. The molecule has 96 valence electrons. The molecule has 0 aliphatic rings. The van der Waals surface area contributed by atoms with Crippen LogP contribution in [0.2, 0.25) is 0 Å². The fourth-order valence-electron chi connectivity index (χ4n) is 2.06. The van der Waals surface area contributed by atoms with E-state index in [-0.39, 0.29) is 6.04 Å². The van der Waals surface area contributed by atoms with Gasteiger partial charge in [0.2, 0.25) is 0 Å². The van der Waals surface area contributed by atoms with E-state index < -0.39 is 0 Å². The van der Waals surface area contributed by atoms with Crippen molar-refractivity contribution in [1.82, 2.24) is 9.78 Å². The minimum atomic E-state index is 0.174. The molecule has 1 heterocycles. The summed E-state index contributed by atoms with van der Waals surface area (Å²) in [6.45, 7) is 6.08. The SMILES string of the molecule is Cc1nn(-c2cccc(CC(C)N)c2)c(C)c1Br. The molecular formula is C14H18BrN3. The third kappa shape index (κ3) is 2.65. The highest BCUT2D eigenvalue weighted by Crippen LogP contribution is 2.23. The lowest BCUT2D eigenvalue weighted by atomic mass is 10.1. The third-order valence-electron chi connectivity index (χ3n) is 2.92. The Labute approximate surface area is 116 Å². The summed E-state index contributed by atoms with van der Waals surface area (Å²) in [4.78, 5) is 0. The molecular weight excluding hydrogens is 290 g/mol. The van der Waals surface area contributed by atoms with Gasteiger partial charge in [-0.25, -0.2) is 4.68 Å². The van der Waals surface area contributed by atoms with Gasteiger partial charge in [0.25, 0.3) is 0 Å². The third-order valence-corrected chi connectivity index (χ3v) is 4.06. The van der Waals surface area contributed by atoms with Gasteiger partial charge < -0.3 is 5.73 Å². The van der Waals surface area contributed by atoms with Crippen LogP contribution in [0.3, 0.4) is 0 Å². The maximum absolute atomic E-state index is 5.84. The number of benzene rings is 1. The zero-order chi connectivity index (χ0) is 13.3. The molecule has 0 amide bonds. The standard InChI is InChI=1S/C14H18BrN3/c1-9(16)7-12-5-4-6-13(8-12)18-11(3)14(15)10(2)17-18/h4-6,8-9H,7,16H2,1-3H3. The van der Waals surface area contributed by atoms with E-state index in [0.29, 0.717) is 0 Å². The first kappa shape index (κ1) is 13.3. The van der Waals surface area contributed by atoms with E-state index in [4.69, 9.17) is 5.73 Å². The van der Waals surface area contributed by atoms with Crippen molar-refractivity contribution in [2.24, 2.45) is 5.73 Å². The number of nitrogens with two attached hydrogens (primary N) is 1. The topological polar surface area (TPSA) is 43.8 Å². The van der Waals surface area contributed by atoms with E-state index >= 15 is 0 Å². The second-order valence-corrected chi connectivity index (χ2v) is 5.54. The molecule has 1 aromatic heterocycles. The van der Waals surface area contributed by atoms with Crippen LogP contribution in [0.5, 0.6) is 0 Å². The van der Waals surface area contributed by atoms with Crippen LogP contribution >= 0.6 is 15.9 Å². The Balaban J connectivity index is 2.41. The normalized spacial score (nSPS) is 12.7. The lowest BCUT2D eigenvalue weighted by Gasteiger charge is -2.09. The van der Waals surface area contributed by atoms with Crippen LogP contribution in [0.25, 0.3) is 5.69 Å². The van der Waals surface area contributed by atoms with Gasteiger partial charge in [0.1, 0.15) is 0 Å². The quantitative estimate of drug-likeness (QED) is 0.946. The van der Waals surface area contributed by atoms with E-state index in [1.165, 1.54) is 5.56 Å². The average Bonchev–Trinajstić information content (AvgIpc) is 2.56. The number of nitrogens with zero attached hydrogens (tertiary/aromatic N) is 2. The molecule has 4 heteroatoms. The van der Waals surface area contributed by atoms with Crippen LogP contribution < -0.4 is 5.73 Å². The van der Waals surface area contributed by atoms with E-state index in [1.807, 2.05) is 18.5 Å². The predicted octanol–water partition coefficient (Wildman–Crippen LogP) is 3.14. The Morgan fingerprint density at radius 2 is 2.11 bits per heavy atom. The van der Waals surface area contributed by atoms with Crippen molar-refractivity contribution in [2.45, 2.75) is 33.2 Å². The fourth-order valence-corrected chi connectivity index (χ4v) is 2.31. The summed E-state index contributed by atoms with van der Waals surface area (Å²) in [7, 11) is 0. The van der Waals surface area contributed by atoms with Gasteiger partial charge in [-0.1, -0.05) is 12.1 Å². The number of hydrogen-bond acceptors (Lipinski definition) is 2. The number of rotatable bonds is 3. The largest absolute Gasteiger partial charge is 0.328 e. The Bertz CT molecular complexity index is 558. The van der Waals surface area contributed by atoms with Crippen LogP contribution in [0, 0.1) is 13.8 Å². The highest BCUT2D eigenvalue weighted by Gasteiger charge is 2.10. The van der Waals surface area contributed by atoms with Gasteiger partial charge in [0, 0.05) is 6.04 Å². The minimum Gasteiger partial charge on any atom is -0.328 e. The van der Waals surface area contributed by atoms with Crippen molar-refractivity contribution >= 4 is 15.9 Å². The molecule has 1 atom stereocenters. The monoisotopic (exact) mass is 307 g/mol. The molecule has 0 saturated carbocycles. The molecule has 18 heavy (non-hydrogen) atoms. The smallest absolute Gasteiger partial charge is 0.0743 e. The lowest BCUT2D eigenvalue weighted by molar-refractivity contribution is 0.736. The molecule has 3 nitrogen and oxygen atoms in total. The molecule has 0 spiro atoms. The molecule has 1 unspecified atom stereocenters. The van der Waals surface area contributed by atoms with Crippen molar-refractivity contribution in [3.8, 4) is 5.69 Å². The van der Waals surface area contributed by atoms with Crippen LogP contribution in [-0.4, -0.2) is 15.8 Å². The number of aromatic nitrogens is 2. The van der Waals surface area contributed by atoms with E-state index in [2.05, 4.69) is 52.2 Å². The van der Waals surface area contributed by atoms with Gasteiger partial charge in [-0.15, -0.1) is 0 Å². The summed E-state index contributed by atoms with van der Waals surface area (Å²) >= 11 is 3.55. The van der Waals surface area contributed by atoms with Gasteiger partial charge in [-0.2, -0.15) is 5.10 Å². The van der Waals surface area contributed by atoms with Crippen LogP contribution in [-0.2, 0) is 6.42 Å². The zero-order valence-electron chi connectivity index (χ0n) is 10.9. The maximum atomic E-state index is 5.84. The summed E-state index contributed by atoms with van der Waals surface area (Å²) < 4.78 is 3.03. The summed E-state index contributed by atoms with van der Waals surface area (Å²) in [6.07, 6.45) is 0.883. The van der Waals surface area contributed by atoms with Crippen LogP contribution in [0.1, 0.15) is 23.9 Å². The molecule has 2 rings (SSSR count). The van der Waals surface area contributed by atoms with Gasteiger partial charge in [0.15, 0.2) is 0 Å². The predicted molar refractivity (Wildman–Crippen MR) is 78.1 cm³/mol. The van der Waals surface area contributed by atoms with Crippen molar-refractivity contribution in [3.63, 3.8) is 0 Å². The van der Waals surface area contributed by atoms with Gasteiger partial charge in [-0.05, 0) is 60.8 Å². The Morgan fingerprint density at radius 1 is 1.39 bits per heavy atom. The van der Waals surface area contributed by atoms with Gasteiger partial charge in [0.05, 0.1) is 21.5 Å². The second kappa shape index (κ2) is 5.24.